The van der Waals surface area contributed by atoms with Gasteiger partial charge in [-0.2, -0.15) is 5.48 Å². The molecule has 5 rings (SSSR count). The molecule has 5 atom stereocenters. The largest absolute Gasteiger partial charge is 0.497 e. The Labute approximate surface area is 247 Å². The zero-order chi connectivity index (χ0) is 29.5. The van der Waals surface area contributed by atoms with Gasteiger partial charge in [0, 0.05) is 35.8 Å². The quantitative estimate of drug-likeness (QED) is 0.190. The Hall–Kier alpha value is -3.47. The fraction of sp³-hybridized carbons (Fsp3) is 0.424. The van der Waals surface area contributed by atoms with E-state index in [2.05, 4.69) is 10.8 Å². The smallest absolute Gasteiger partial charge is 0.254 e. The second kappa shape index (κ2) is 14.1. The number of nitrogens with zero attached hydrogens (tertiary/aromatic N) is 1. The monoisotopic (exact) mass is 575 g/mol. The number of aliphatic hydroxyl groups is 2. The van der Waals surface area contributed by atoms with Crippen LogP contribution < -0.4 is 20.3 Å². The third kappa shape index (κ3) is 6.30. The lowest BCUT2D eigenvalue weighted by Gasteiger charge is -2.50. The lowest BCUT2D eigenvalue weighted by Crippen LogP contribution is -2.59. The van der Waals surface area contributed by atoms with Crippen LogP contribution in [0.5, 0.6) is 11.5 Å². The number of hydroxylamine groups is 1. The van der Waals surface area contributed by atoms with Gasteiger partial charge in [-0.1, -0.05) is 61.4 Å². The van der Waals surface area contributed by atoms with Crippen LogP contribution >= 0.6 is 0 Å². The first-order valence-electron chi connectivity index (χ1n) is 14.6. The molecule has 0 bridgehead atoms. The number of rotatable bonds is 12. The SMILES string of the molecule is COc1ccc(C2C(C(O)NOCc3ccccc3)c3ccccc3C(=O)N2C2CCCCC2NCCO)c(OC)c1. The van der Waals surface area contributed by atoms with E-state index in [1.807, 2.05) is 77.7 Å². The topological polar surface area (TPSA) is 113 Å². The van der Waals surface area contributed by atoms with Crippen molar-refractivity contribution < 1.29 is 29.3 Å². The van der Waals surface area contributed by atoms with Gasteiger partial charge in [0.1, 0.15) is 17.7 Å². The minimum Gasteiger partial charge on any atom is -0.497 e. The predicted molar refractivity (Wildman–Crippen MR) is 159 cm³/mol. The maximum atomic E-state index is 14.5. The zero-order valence-corrected chi connectivity index (χ0v) is 24.2. The van der Waals surface area contributed by atoms with Gasteiger partial charge in [-0.05, 0) is 42.2 Å². The van der Waals surface area contributed by atoms with Crippen molar-refractivity contribution in [1.29, 1.82) is 0 Å². The number of hydrogen-bond donors (Lipinski definition) is 4. The molecule has 0 spiro atoms. The number of ether oxygens (including phenoxy) is 2. The van der Waals surface area contributed by atoms with E-state index in [0.717, 1.165) is 42.4 Å². The highest BCUT2D eigenvalue weighted by atomic mass is 16.7. The van der Waals surface area contributed by atoms with Crippen molar-refractivity contribution in [3.05, 3.63) is 95.1 Å². The summed E-state index contributed by atoms with van der Waals surface area (Å²) in [5.74, 6) is 0.517. The van der Waals surface area contributed by atoms with Crippen LogP contribution in [0.4, 0.5) is 0 Å². The van der Waals surface area contributed by atoms with Crippen molar-refractivity contribution in [1.82, 2.24) is 15.7 Å². The summed E-state index contributed by atoms with van der Waals surface area (Å²) in [5, 5.41) is 24.9. The van der Waals surface area contributed by atoms with Crippen molar-refractivity contribution in [2.45, 2.75) is 62.6 Å². The van der Waals surface area contributed by atoms with Gasteiger partial charge in [0.25, 0.3) is 5.91 Å². The van der Waals surface area contributed by atoms with Crippen LogP contribution in [0.15, 0.2) is 72.8 Å². The maximum absolute atomic E-state index is 14.5. The highest BCUT2D eigenvalue weighted by molar-refractivity contribution is 5.98. The van der Waals surface area contributed by atoms with Crippen molar-refractivity contribution >= 4 is 5.91 Å². The van der Waals surface area contributed by atoms with Crippen molar-refractivity contribution in [3.8, 4) is 11.5 Å². The molecule has 224 valence electrons. The van der Waals surface area contributed by atoms with Gasteiger partial charge in [0.15, 0.2) is 0 Å². The Balaban J connectivity index is 1.60. The first kappa shape index (κ1) is 30.0. The molecule has 3 aromatic carbocycles. The van der Waals surface area contributed by atoms with Crippen molar-refractivity contribution in [3.63, 3.8) is 0 Å². The van der Waals surface area contributed by atoms with E-state index in [1.54, 1.807) is 14.2 Å². The van der Waals surface area contributed by atoms with Crippen molar-refractivity contribution in [2.75, 3.05) is 27.4 Å². The molecule has 5 unspecified atom stereocenters. The molecule has 1 amide bonds. The predicted octanol–water partition coefficient (Wildman–Crippen LogP) is 3.92. The molecule has 1 fully saturated rings. The summed E-state index contributed by atoms with van der Waals surface area (Å²) in [5.41, 5.74) is 5.91. The van der Waals surface area contributed by atoms with E-state index >= 15 is 0 Å². The second-order valence-electron chi connectivity index (χ2n) is 10.9. The minimum absolute atomic E-state index is 0.00746. The summed E-state index contributed by atoms with van der Waals surface area (Å²) < 4.78 is 11.3. The summed E-state index contributed by atoms with van der Waals surface area (Å²) in [4.78, 5) is 22.2. The van der Waals surface area contributed by atoms with E-state index in [-0.39, 0.29) is 31.2 Å². The van der Waals surface area contributed by atoms with Crippen LogP contribution in [0.2, 0.25) is 0 Å². The molecule has 1 heterocycles. The third-order valence-electron chi connectivity index (χ3n) is 8.41. The second-order valence-corrected chi connectivity index (χ2v) is 10.9. The Morgan fingerprint density at radius 3 is 2.48 bits per heavy atom. The van der Waals surface area contributed by atoms with Crippen LogP contribution in [-0.2, 0) is 11.4 Å². The molecule has 2 aliphatic rings. The Morgan fingerprint density at radius 2 is 1.71 bits per heavy atom. The van der Waals surface area contributed by atoms with Gasteiger partial charge in [-0.3, -0.25) is 9.63 Å². The minimum atomic E-state index is -1.16. The van der Waals surface area contributed by atoms with Crippen LogP contribution in [0, 0.1) is 0 Å². The van der Waals surface area contributed by atoms with Crippen LogP contribution in [0.25, 0.3) is 0 Å². The Morgan fingerprint density at radius 1 is 0.952 bits per heavy atom. The van der Waals surface area contributed by atoms with Gasteiger partial charge in [0.2, 0.25) is 0 Å². The zero-order valence-electron chi connectivity index (χ0n) is 24.2. The molecule has 3 aromatic rings. The van der Waals surface area contributed by atoms with Crippen molar-refractivity contribution in [2.24, 2.45) is 0 Å². The lowest BCUT2D eigenvalue weighted by atomic mass is 9.76. The van der Waals surface area contributed by atoms with Gasteiger partial charge in [-0.25, -0.2) is 0 Å². The van der Waals surface area contributed by atoms with E-state index < -0.39 is 18.2 Å². The highest BCUT2D eigenvalue weighted by Crippen LogP contribution is 2.49. The number of carbonyl (C=O) groups is 1. The number of fused-ring (bicyclic) bond motifs is 1. The molecule has 1 aliphatic carbocycles. The summed E-state index contributed by atoms with van der Waals surface area (Å²) in [6, 6.07) is 22.0. The average Bonchev–Trinajstić information content (AvgIpc) is 3.04. The number of nitrogens with one attached hydrogen (secondary N) is 2. The van der Waals surface area contributed by atoms with Gasteiger partial charge < -0.3 is 29.9 Å². The first-order valence-corrected chi connectivity index (χ1v) is 14.6. The number of aliphatic hydroxyl groups excluding tert-OH is 2. The molecule has 0 aromatic heterocycles. The number of benzene rings is 3. The van der Waals surface area contributed by atoms with Gasteiger partial charge >= 0.3 is 0 Å². The summed E-state index contributed by atoms with van der Waals surface area (Å²) in [7, 11) is 3.20. The van der Waals surface area contributed by atoms with Gasteiger partial charge in [-0.15, -0.1) is 0 Å². The Kier molecular flexibility index (Phi) is 10.1. The number of carbonyl (C=O) groups excluding carboxylic acids is 1. The standard InChI is InChI=1S/C33H41N3O6/c1-40-23-16-17-26(29(20-23)41-2)31-30(32(38)35-42-21-22-10-4-3-5-11-22)24-12-6-7-13-25(24)33(39)36(31)28-15-9-8-14-27(28)34-18-19-37/h3-7,10-13,16-17,20,27-28,30-32,34-35,37-38H,8-9,14-15,18-19,21H2,1-2H3. The molecule has 42 heavy (non-hydrogen) atoms. The molecular formula is C33H41N3O6. The third-order valence-corrected chi connectivity index (χ3v) is 8.41. The van der Waals surface area contributed by atoms with E-state index in [0.29, 0.717) is 23.6 Å². The van der Waals surface area contributed by atoms with Crippen LogP contribution in [-0.4, -0.2) is 66.7 Å². The summed E-state index contributed by atoms with van der Waals surface area (Å²) in [6.45, 7) is 0.720. The van der Waals surface area contributed by atoms with Crippen LogP contribution in [0.1, 0.15) is 64.7 Å². The fourth-order valence-corrected chi connectivity index (χ4v) is 6.49. The Bertz CT molecular complexity index is 1320. The summed E-state index contributed by atoms with van der Waals surface area (Å²) in [6.07, 6.45) is 2.54. The van der Waals surface area contributed by atoms with E-state index in [9.17, 15) is 15.0 Å². The lowest BCUT2D eigenvalue weighted by molar-refractivity contribution is -0.0901. The molecule has 0 saturated heterocycles. The van der Waals surface area contributed by atoms with E-state index in [1.165, 1.54) is 0 Å². The molecule has 0 radical (unpaired) electrons. The molecule has 1 aliphatic heterocycles. The number of methoxy groups -OCH3 is 2. The first-order chi connectivity index (χ1) is 20.6. The fourth-order valence-electron chi connectivity index (χ4n) is 6.49. The molecule has 1 saturated carbocycles. The normalized spacial score (nSPS) is 22.9. The highest BCUT2D eigenvalue weighted by Gasteiger charge is 2.49. The average molecular weight is 576 g/mol. The molecule has 4 N–H and O–H groups in total. The van der Waals surface area contributed by atoms with Crippen LogP contribution in [0.3, 0.4) is 0 Å². The molecular weight excluding hydrogens is 534 g/mol. The number of amides is 1. The molecule has 9 heteroatoms. The molecule has 9 nitrogen and oxygen atoms in total. The number of hydrogen-bond acceptors (Lipinski definition) is 8. The van der Waals surface area contributed by atoms with Gasteiger partial charge in [0.05, 0.1) is 39.4 Å². The summed E-state index contributed by atoms with van der Waals surface area (Å²) >= 11 is 0. The van der Waals surface area contributed by atoms with E-state index in [4.69, 9.17) is 14.3 Å². The maximum Gasteiger partial charge on any atom is 0.254 e.